The summed E-state index contributed by atoms with van der Waals surface area (Å²) in [7, 11) is -3.31. The van der Waals surface area contributed by atoms with Gasteiger partial charge in [0.15, 0.2) is 0 Å². The lowest BCUT2D eigenvalue weighted by molar-refractivity contribution is 0.402. The van der Waals surface area contributed by atoms with Crippen LogP contribution in [-0.2, 0) is 10.0 Å². The Morgan fingerprint density at radius 3 is 2.79 bits per heavy atom. The SMILES string of the molecule is C#Cc1cccc(NS(=O)(=O)CC2CCNCC2)c1. The fourth-order valence-corrected chi connectivity index (χ4v) is 3.78. The Balaban J connectivity index is 2.01. The monoisotopic (exact) mass is 278 g/mol. The third kappa shape index (κ3) is 4.27. The molecule has 102 valence electrons. The maximum Gasteiger partial charge on any atom is 0.232 e. The van der Waals surface area contributed by atoms with Crippen molar-refractivity contribution in [1.29, 1.82) is 0 Å². The lowest BCUT2D eigenvalue weighted by atomic mass is 10.0. The highest BCUT2D eigenvalue weighted by Gasteiger charge is 2.21. The van der Waals surface area contributed by atoms with E-state index in [-0.39, 0.29) is 11.7 Å². The Kier molecular flexibility index (Phi) is 4.46. The third-order valence-electron chi connectivity index (χ3n) is 3.22. The van der Waals surface area contributed by atoms with Crippen molar-refractivity contribution < 1.29 is 8.42 Å². The Labute approximate surface area is 114 Å². The lowest BCUT2D eigenvalue weighted by Crippen LogP contribution is -2.33. The van der Waals surface area contributed by atoms with Gasteiger partial charge < -0.3 is 5.32 Å². The van der Waals surface area contributed by atoms with Gasteiger partial charge in [0.2, 0.25) is 10.0 Å². The average molecular weight is 278 g/mol. The van der Waals surface area contributed by atoms with E-state index in [0.717, 1.165) is 25.9 Å². The van der Waals surface area contributed by atoms with Crippen molar-refractivity contribution in [3.05, 3.63) is 29.8 Å². The van der Waals surface area contributed by atoms with Gasteiger partial charge in [0.1, 0.15) is 0 Å². The van der Waals surface area contributed by atoms with Crippen LogP contribution in [0.2, 0.25) is 0 Å². The van der Waals surface area contributed by atoms with E-state index < -0.39 is 10.0 Å². The number of hydrogen-bond donors (Lipinski definition) is 2. The van der Waals surface area contributed by atoms with Crippen molar-refractivity contribution in [3.8, 4) is 12.3 Å². The van der Waals surface area contributed by atoms with E-state index in [4.69, 9.17) is 6.42 Å². The summed E-state index contributed by atoms with van der Waals surface area (Å²) in [6.45, 7) is 1.79. The van der Waals surface area contributed by atoms with E-state index in [9.17, 15) is 8.42 Å². The smallest absolute Gasteiger partial charge is 0.232 e. The minimum Gasteiger partial charge on any atom is -0.317 e. The van der Waals surface area contributed by atoms with Crippen LogP contribution < -0.4 is 10.0 Å². The highest BCUT2D eigenvalue weighted by atomic mass is 32.2. The fourth-order valence-electron chi connectivity index (χ4n) is 2.25. The van der Waals surface area contributed by atoms with Crippen LogP contribution in [0.25, 0.3) is 0 Å². The molecule has 0 aromatic heterocycles. The molecule has 1 aromatic rings. The van der Waals surface area contributed by atoms with Crippen LogP contribution in [-0.4, -0.2) is 27.3 Å². The Bertz CT molecular complexity index is 569. The number of nitrogens with one attached hydrogen (secondary N) is 2. The van der Waals surface area contributed by atoms with Gasteiger partial charge in [-0.15, -0.1) is 6.42 Å². The van der Waals surface area contributed by atoms with Gasteiger partial charge in [-0.1, -0.05) is 12.0 Å². The summed E-state index contributed by atoms with van der Waals surface area (Å²) in [6.07, 6.45) is 7.11. The molecule has 1 aliphatic heterocycles. The molecule has 0 amide bonds. The molecule has 0 saturated carbocycles. The molecular weight excluding hydrogens is 260 g/mol. The van der Waals surface area contributed by atoms with E-state index in [0.29, 0.717) is 11.3 Å². The quantitative estimate of drug-likeness (QED) is 0.819. The molecule has 1 aromatic carbocycles. The van der Waals surface area contributed by atoms with Crippen molar-refractivity contribution >= 4 is 15.7 Å². The molecule has 5 heteroatoms. The number of rotatable bonds is 4. The minimum absolute atomic E-state index is 0.176. The van der Waals surface area contributed by atoms with Gasteiger partial charge >= 0.3 is 0 Å². The van der Waals surface area contributed by atoms with Gasteiger partial charge in [0, 0.05) is 11.3 Å². The molecule has 19 heavy (non-hydrogen) atoms. The molecule has 4 nitrogen and oxygen atoms in total. The van der Waals surface area contributed by atoms with Crippen molar-refractivity contribution in [1.82, 2.24) is 5.32 Å². The van der Waals surface area contributed by atoms with Crippen LogP contribution in [0.15, 0.2) is 24.3 Å². The van der Waals surface area contributed by atoms with Crippen LogP contribution >= 0.6 is 0 Å². The number of terminal acetylenes is 1. The van der Waals surface area contributed by atoms with E-state index >= 15 is 0 Å². The van der Waals surface area contributed by atoms with Crippen LogP contribution in [0.5, 0.6) is 0 Å². The summed E-state index contributed by atoms with van der Waals surface area (Å²) in [5.74, 6) is 2.90. The molecule has 1 aliphatic rings. The average Bonchev–Trinajstić information content (AvgIpc) is 2.39. The molecule has 0 aliphatic carbocycles. The highest BCUT2D eigenvalue weighted by Crippen LogP contribution is 2.17. The highest BCUT2D eigenvalue weighted by molar-refractivity contribution is 7.92. The largest absolute Gasteiger partial charge is 0.317 e. The fraction of sp³-hybridized carbons (Fsp3) is 0.429. The Morgan fingerprint density at radius 1 is 1.37 bits per heavy atom. The third-order valence-corrected chi connectivity index (χ3v) is 4.67. The molecule has 0 atom stereocenters. The van der Waals surface area contributed by atoms with E-state index in [2.05, 4.69) is 16.0 Å². The molecule has 1 fully saturated rings. The molecule has 1 heterocycles. The zero-order chi connectivity index (χ0) is 13.7. The summed E-state index contributed by atoms with van der Waals surface area (Å²) >= 11 is 0. The lowest BCUT2D eigenvalue weighted by Gasteiger charge is -2.22. The molecule has 0 unspecified atom stereocenters. The maximum absolute atomic E-state index is 12.1. The summed E-state index contributed by atoms with van der Waals surface area (Å²) in [6, 6.07) is 6.89. The second-order valence-corrected chi connectivity index (χ2v) is 6.57. The maximum atomic E-state index is 12.1. The summed E-state index contributed by atoms with van der Waals surface area (Å²) in [5.41, 5.74) is 1.20. The van der Waals surface area contributed by atoms with Crippen LogP contribution in [0.3, 0.4) is 0 Å². The van der Waals surface area contributed by atoms with Gasteiger partial charge in [-0.3, -0.25) is 4.72 Å². The van der Waals surface area contributed by atoms with Crippen LogP contribution in [0.4, 0.5) is 5.69 Å². The first kappa shape index (κ1) is 13.9. The van der Waals surface area contributed by atoms with Crippen molar-refractivity contribution in [2.75, 3.05) is 23.6 Å². The first-order chi connectivity index (χ1) is 9.09. The van der Waals surface area contributed by atoms with E-state index in [1.54, 1.807) is 24.3 Å². The molecule has 1 saturated heterocycles. The van der Waals surface area contributed by atoms with Gasteiger partial charge in [-0.05, 0) is 50.0 Å². The minimum atomic E-state index is -3.31. The number of piperidine rings is 1. The topological polar surface area (TPSA) is 58.2 Å². The standard InChI is InChI=1S/C14H18N2O2S/c1-2-12-4-3-5-14(10-12)16-19(17,18)11-13-6-8-15-9-7-13/h1,3-5,10,13,15-16H,6-9,11H2. The summed E-state index contributed by atoms with van der Waals surface area (Å²) in [4.78, 5) is 0. The van der Waals surface area contributed by atoms with E-state index in [1.165, 1.54) is 0 Å². The zero-order valence-corrected chi connectivity index (χ0v) is 11.5. The first-order valence-corrected chi connectivity index (χ1v) is 8.02. The Morgan fingerprint density at radius 2 is 2.11 bits per heavy atom. The second kappa shape index (κ2) is 6.09. The number of sulfonamides is 1. The van der Waals surface area contributed by atoms with Gasteiger partial charge in [-0.2, -0.15) is 0 Å². The van der Waals surface area contributed by atoms with Crippen LogP contribution in [0.1, 0.15) is 18.4 Å². The summed E-state index contributed by atoms with van der Waals surface area (Å²) < 4.78 is 26.8. The molecule has 0 bridgehead atoms. The van der Waals surface area contributed by atoms with Gasteiger partial charge in [0.25, 0.3) is 0 Å². The zero-order valence-electron chi connectivity index (χ0n) is 10.7. The van der Waals surface area contributed by atoms with Crippen molar-refractivity contribution in [2.24, 2.45) is 5.92 Å². The molecule has 2 rings (SSSR count). The molecular formula is C14H18N2O2S. The summed E-state index contributed by atoms with van der Waals surface area (Å²) in [5, 5.41) is 3.23. The van der Waals surface area contributed by atoms with E-state index in [1.807, 2.05) is 0 Å². The number of benzene rings is 1. The second-order valence-electron chi connectivity index (χ2n) is 4.80. The predicted molar refractivity (Wildman–Crippen MR) is 77.4 cm³/mol. The number of hydrogen-bond acceptors (Lipinski definition) is 3. The van der Waals surface area contributed by atoms with Crippen LogP contribution in [0, 0.1) is 18.3 Å². The Hall–Kier alpha value is -1.51. The first-order valence-electron chi connectivity index (χ1n) is 6.37. The molecule has 2 N–H and O–H groups in total. The predicted octanol–water partition coefficient (Wildman–Crippen LogP) is 1.41. The van der Waals surface area contributed by atoms with Gasteiger partial charge in [-0.25, -0.2) is 8.42 Å². The molecule has 0 radical (unpaired) electrons. The molecule has 0 spiro atoms. The number of anilines is 1. The van der Waals surface area contributed by atoms with Gasteiger partial charge in [0.05, 0.1) is 5.75 Å². The van der Waals surface area contributed by atoms with Crippen molar-refractivity contribution in [2.45, 2.75) is 12.8 Å². The normalized spacial score (nSPS) is 16.8. The van der Waals surface area contributed by atoms with Crippen molar-refractivity contribution in [3.63, 3.8) is 0 Å².